The number of rotatable bonds is 5. The third kappa shape index (κ3) is 5.96. The zero-order valence-corrected chi connectivity index (χ0v) is 11.3. The van der Waals surface area contributed by atoms with Crippen molar-refractivity contribution in [3.05, 3.63) is 29.8 Å². The normalized spacial score (nSPS) is 11.0. The number of amides is 1. The molecular weight excluding hydrogens is 295 g/mol. The molecule has 0 heterocycles. The molecule has 4 nitrogen and oxygen atoms in total. The van der Waals surface area contributed by atoms with Crippen LogP contribution in [0.4, 0.5) is 13.2 Å². The van der Waals surface area contributed by atoms with Gasteiger partial charge in [-0.15, -0.1) is 0 Å². The highest BCUT2D eigenvalue weighted by Gasteiger charge is 2.29. The van der Waals surface area contributed by atoms with Crippen molar-refractivity contribution in [1.82, 2.24) is 5.32 Å². The molecule has 0 fully saturated rings. The quantitative estimate of drug-likeness (QED) is 0.671. The van der Waals surface area contributed by atoms with Gasteiger partial charge in [-0.3, -0.25) is 9.59 Å². The maximum atomic E-state index is 12.1. The summed E-state index contributed by atoms with van der Waals surface area (Å²) >= 11 is -0.260. The summed E-state index contributed by atoms with van der Waals surface area (Å²) in [6.45, 7) is 1.56. The van der Waals surface area contributed by atoms with E-state index in [2.05, 4.69) is 10.1 Å². The monoisotopic (exact) mass is 307 g/mol. The summed E-state index contributed by atoms with van der Waals surface area (Å²) in [4.78, 5) is 22.6. The largest absolute Gasteiger partial charge is 0.465 e. The van der Waals surface area contributed by atoms with Crippen LogP contribution in [0.15, 0.2) is 29.2 Å². The summed E-state index contributed by atoms with van der Waals surface area (Å²) in [6, 6.07) is 4.90. The van der Waals surface area contributed by atoms with Gasteiger partial charge in [0, 0.05) is 10.5 Å². The van der Waals surface area contributed by atoms with Gasteiger partial charge in [-0.1, -0.05) is 0 Å². The summed E-state index contributed by atoms with van der Waals surface area (Å²) in [6.07, 6.45) is 0. The fraction of sp³-hybridized carbons (Fsp3) is 0.333. The lowest BCUT2D eigenvalue weighted by molar-refractivity contribution is -0.141. The van der Waals surface area contributed by atoms with E-state index >= 15 is 0 Å². The van der Waals surface area contributed by atoms with E-state index in [1.165, 1.54) is 24.3 Å². The third-order valence-corrected chi connectivity index (χ3v) is 2.79. The van der Waals surface area contributed by atoms with Gasteiger partial charge in [0.15, 0.2) is 0 Å². The Morgan fingerprint density at radius 2 is 1.85 bits per heavy atom. The Kier molecular flexibility index (Phi) is 5.87. The van der Waals surface area contributed by atoms with E-state index in [-0.39, 0.29) is 35.4 Å². The average Bonchev–Trinajstić information content (AvgIpc) is 2.35. The van der Waals surface area contributed by atoms with Gasteiger partial charge in [-0.05, 0) is 43.0 Å². The Morgan fingerprint density at radius 1 is 1.25 bits per heavy atom. The molecule has 0 radical (unpaired) electrons. The van der Waals surface area contributed by atoms with E-state index in [4.69, 9.17) is 0 Å². The lowest BCUT2D eigenvalue weighted by Crippen LogP contribution is -2.30. The van der Waals surface area contributed by atoms with Crippen LogP contribution < -0.4 is 5.32 Å². The molecule has 20 heavy (non-hydrogen) atoms. The molecule has 1 aromatic carbocycles. The second-order valence-electron chi connectivity index (χ2n) is 3.56. The predicted molar refractivity (Wildman–Crippen MR) is 67.3 cm³/mol. The SMILES string of the molecule is CCOC(=O)CNC(=O)c1ccc(SC(F)(F)F)cc1. The minimum absolute atomic E-state index is 0.0144. The van der Waals surface area contributed by atoms with E-state index < -0.39 is 17.4 Å². The Bertz CT molecular complexity index is 474. The molecule has 0 spiro atoms. The molecule has 0 aliphatic rings. The molecule has 1 N–H and O–H groups in total. The van der Waals surface area contributed by atoms with Gasteiger partial charge < -0.3 is 10.1 Å². The maximum absolute atomic E-state index is 12.1. The van der Waals surface area contributed by atoms with Crippen LogP contribution in [0.2, 0.25) is 0 Å². The van der Waals surface area contributed by atoms with Crippen LogP contribution in [0, 0.1) is 0 Å². The molecule has 0 unspecified atom stereocenters. The van der Waals surface area contributed by atoms with E-state index in [0.29, 0.717) is 0 Å². The highest BCUT2D eigenvalue weighted by Crippen LogP contribution is 2.36. The maximum Gasteiger partial charge on any atom is 0.446 e. The first-order valence-corrected chi connectivity index (χ1v) is 6.43. The standard InChI is InChI=1S/C12H12F3NO3S/c1-2-19-10(17)7-16-11(18)8-3-5-9(6-4-8)20-12(13,14)15/h3-6H,2,7H2,1H3,(H,16,18). The van der Waals surface area contributed by atoms with Crippen LogP contribution in [-0.2, 0) is 9.53 Å². The highest BCUT2D eigenvalue weighted by molar-refractivity contribution is 8.00. The van der Waals surface area contributed by atoms with Gasteiger partial charge >= 0.3 is 11.5 Å². The van der Waals surface area contributed by atoms with Crippen LogP contribution in [0.5, 0.6) is 0 Å². The first kappa shape index (κ1) is 16.4. The number of hydrogen-bond acceptors (Lipinski definition) is 4. The van der Waals surface area contributed by atoms with Crippen LogP contribution in [0.25, 0.3) is 0 Å². The second kappa shape index (κ2) is 7.18. The van der Waals surface area contributed by atoms with E-state index in [1.807, 2.05) is 0 Å². The number of halogens is 3. The van der Waals surface area contributed by atoms with Crippen molar-refractivity contribution in [2.24, 2.45) is 0 Å². The molecular formula is C12H12F3NO3S. The molecule has 0 bridgehead atoms. The number of nitrogens with one attached hydrogen (secondary N) is 1. The van der Waals surface area contributed by atoms with Gasteiger partial charge in [-0.2, -0.15) is 13.2 Å². The first-order chi connectivity index (χ1) is 9.31. The number of benzene rings is 1. The van der Waals surface area contributed by atoms with Crippen LogP contribution in [0.1, 0.15) is 17.3 Å². The minimum atomic E-state index is -4.37. The lowest BCUT2D eigenvalue weighted by Gasteiger charge is -2.07. The van der Waals surface area contributed by atoms with Crippen LogP contribution in [0.3, 0.4) is 0 Å². The summed E-state index contributed by atoms with van der Waals surface area (Å²) in [5.74, 6) is -1.13. The zero-order valence-electron chi connectivity index (χ0n) is 10.5. The molecule has 1 rings (SSSR count). The fourth-order valence-corrected chi connectivity index (χ4v) is 1.81. The van der Waals surface area contributed by atoms with Gasteiger partial charge in [0.25, 0.3) is 5.91 Å². The molecule has 110 valence electrons. The number of alkyl halides is 3. The smallest absolute Gasteiger partial charge is 0.446 e. The van der Waals surface area contributed by atoms with E-state index in [9.17, 15) is 22.8 Å². The molecule has 0 saturated heterocycles. The predicted octanol–water partition coefficient (Wildman–Crippen LogP) is 2.59. The van der Waals surface area contributed by atoms with Crippen LogP contribution in [-0.4, -0.2) is 30.5 Å². The van der Waals surface area contributed by atoms with Crippen molar-refractivity contribution in [3.8, 4) is 0 Å². The van der Waals surface area contributed by atoms with Crippen molar-refractivity contribution in [3.63, 3.8) is 0 Å². The molecule has 8 heteroatoms. The summed E-state index contributed by atoms with van der Waals surface area (Å²) in [7, 11) is 0. The Hall–Kier alpha value is -1.70. The third-order valence-electron chi connectivity index (χ3n) is 2.05. The van der Waals surface area contributed by atoms with Crippen molar-refractivity contribution in [2.75, 3.05) is 13.2 Å². The molecule has 0 saturated carbocycles. The van der Waals surface area contributed by atoms with Gasteiger partial charge in [0.05, 0.1) is 6.61 Å². The second-order valence-corrected chi connectivity index (χ2v) is 4.70. The number of hydrogen-bond donors (Lipinski definition) is 1. The zero-order chi connectivity index (χ0) is 15.2. The Balaban J connectivity index is 2.55. The topological polar surface area (TPSA) is 55.4 Å². The minimum Gasteiger partial charge on any atom is -0.465 e. The molecule has 0 aliphatic carbocycles. The van der Waals surface area contributed by atoms with Crippen molar-refractivity contribution in [1.29, 1.82) is 0 Å². The molecule has 0 aromatic heterocycles. The average molecular weight is 307 g/mol. The lowest BCUT2D eigenvalue weighted by atomic mass is 10.2. The highest BCUT2D eigenvalue weighted by atomic mass is 32.2. The Morgan fingerprint density at radius 3 is 2.35 bits per heavy atom. The first-order valence-electron chi connectivity index (χ1n) is 5.61. The molecule has 0 aliphatic heterocycles. The number of esters is 1. The molecule has 1 amide bonds. The van der Waals surface area contributed by atoms with Crippen molar-refractivity contribution >= 4 is 23.6 Å². The van der Waals surface area contributed by atoms with Gasteiger partial charge in [0.2, 0.25) is 0 Å². The fourth-order valence-electron chi connectivity index (χ4n) is 1.27. The van der Waals surface area contributed by atoms with E-state index in [0.717, 1.165) is 0 Å². The number of ether oxygens (including phenoxy) is 1. The number of carbonyl (C=O) groups excluding carboxylic acids is 2. The van der Waals surface area contributed by atoms with Crippen molar-refractivity contribution < 1.29 is 27.5 Å². The van der Waals surface area contributed by atoms with Crippen LogP contribution >= 0.6 is 11.8 Å². The number of carbonyl (C=O) groups is 2. The van der Waals surface area contributed by atoms with Crippen molar-refractivity contribution in [2.45, 2.75) is 17.3 Å². The summed E-state index contributed by atoms with van der Waals surface area (Å²) in [5, 5.41) is 2.31. The molecule has 0 atom stereocenters. The summed E-state index contributed by atoms with van der Waals surface area (Å²) in [5.41, 5.74) is -4.20. The van der Waals surface area contributed by atoms with Gasteiger partial charge in [-0.25, -0.2) is 0 Å². The van der Waals surface area contributed by atoms with E-state index in [1.54, 1.807) is 6.92 Å². The Labute approximate surface area is 117 Å². The van der Waals surface area contributed by atoms with Gasteiger partial charge in [0.1, 0.15) is 6.54 Å². The molecule has 1 aromatic rings. The summed E-state index contributed by atoms with van der Waals surface area (Å²) < 4.78 is 41.0. The number of thioether (sulfide) groups is 1.